The second kappa shape index (κ2) is 5.33. The number of rotatable bonds is 2. The third-order valence-electron chi connectivity index (χ3n) is 2.90. The quantitative estimate of drug-likeness (QED) is 0.778. The molecule has 1 aromatic heterocycles. The van der Waals surface area contributed by atoms with Gasteiger partial charge in [-0.25, -0.2) is 13.4 Å². The molecule has 0 bridgehead atoms. The molecule has 0 spiro atoms. The van der Waals surface area contributed by atoms with Gasteiger partial charge in [-0.3, -0.25) is 0 Å². The summed E-state index contributed by atoms with van der Waals surface area (Å²) in [5.74, 6) is 0. The Labute approximate surface area is 107 Å². The molecule has 1 aromatic rings. The molecule has 0 unspecified atom stereocenters. The largest absolute Gasteiger partial charge is 0.244 e. The van der Waals surface area contributed by atoms with Crippen molar-refractivity contribution in [2.75, 3.05) is 13.1 Å². The highest BCUT2D eigenvalue weighted by Gasteiger charge is 2.25. The van der Waals surface area contributed by atoms with Crippen molar-refractivity contribution in [3.05, 3.63) is 23.5 Å². The average molecular weight is 275 g/mol. The molecule has 1 fully saturated rings. The van der Waals surface area contributed by atoms with E-state index in [-0.39, 0.29) is 10.0 Å². The molecule has 0 saturated carbocycles. The van der Waals surface area contributed by atoms with E-state index in [1.807, 2.05) is 0 Å². The first-order valence-corrected chi connectivity index (χ1v) is 7.54. The van der Waals surface area contributed by atoms with Crippen molar-refractivity contribution in [2.24, 2.45) is 0 Å². The molecule has 2 rings (SSSR count). The zero-order valence-corrected chi connectivity index (χ0v) is 11.0. The number of hydrogen-bond donors (Lipinski definition) is 0. The molecule has 0 aliphatic carbocycles. The SMILES string of the molecule is O=S(=O)(c1ccnc(Cl)c1)N1CCCCCC1. The zero-order chi connectivity index (χ0) is 12.3. The second-order valence-electron chi connectivity index (χ2n) is 4.13. The van der Waals surface area contributed by atoms with Crippen LogP contribution in [0.3, 0.4) is 0 Å². The van der Waals surface area contributed by atoms with Crippen LogP contribution in [0, 0.1) is 0 Å². The fourth-order valence-corrected chi connectivity index (χ4v) is 3.75. The molecule has 0 N–H and O–H groups in total. The molecule has 0 amide bonds. The van der Waals surface area contributed by atoms with Crippen molar-refractivity contribution in [3.8, 4) is 0 Å². The normalized spacial score (nSPS) is 18.9. The van der Waals surface area contributed by atoms with Gasteiger partial charge in [0.1, 0.15) is 5.15 Å². The van der Waals surface area contributed by atoms with Crippen molar-refractivity contribution in [1.29, 1.82) is 0 Å². The van der Waals surface area contributed by atoms with Crippen molar-refractivity contribution in [2.45, 2.75) is 30.6 Å². The van der Waals surface area contributed by atoms with Crippen molar-refractivity contribution >= 4 is 21.6 Å². The zero-order valence-electron chi connectivity index (χ0n) is 9.47. The third kappa shape index (κ3) is 2.97. The topological polar surface area (TPSA) is 50.3 Å². The molecule has 6 heteroatoms. The van der Waals surface area contributed by atoms with Gasteiger partial charge in [-0.1, -0.05) is 24.4 Å². The molecule has 0 atom stereocenters. The van der Waals surface area contributed by atoms with E-state index in [0.29, 0.717) is 13.1 Å². The Hall–Kier alpha value is -0.650. The monoisotopic (exact) mass is 274 g/mol. The highest BCUT2D eigenvalue weighted by Crippen LogP contribution is 2.21. The van der Waals surface area contributed by atoms with Crippen LogP contribution in [0.1, 0.15) is 25.7 Å². The van der Waals surface area contributed by atoms with Crippen LogP contribution in [0.15, 0.2) is 23.2 Å². The molecule has 1 aliphatic heterocycles. The van der Waals surface area contributed by atoms with E-state index in [2.05, 4.69) is 4.98 Å². The molecule has 0 aromatic carbocycles. The molecular formula is C11H15ClN2O2S. The summed E-state index contributed by atoms with van der Waals surface area (Å²) >= 11 is 5.73. The van der Waals surface area contributed by atoms with Crippen LogP contribution >= 0.6 is 11.6 Å². The number of sulfonamides is 1. The summed E-state index contributed by atoms with van der Waals surface area (Å²) in [6.07, 6.45) is 5.48. The fraction of sp³-hybridized carbons (Fsp3) is 0.545. The van der Waals surface area contributed by atoms with Crippen LogP contribution in [0.4, 0.5) is 0 Å². The molecule has 0 radical (unpaired) electrons. The Morgan fingerprint density at radius 3 is 2.41 bits per heavy atom. The summed E-state index contributed by atoms with van der Waals surface area (Å²) in [6, 6.07) is 2.90. The first-order valence-electron chi connectivity index (χ1n) is 5.72. The van der Waals surface area contributed by atoms with Gasteiger partial charge in [-0.05, 0) is 25.0 Å². The van der Waals surface area contributed by atoms with Gasteiger partial charge < -0.3 is 0 Å². The number of nitrogens with zero attached hydrogens (tertiary/aromatic N) is 2. The Balaban J connectivity index is 2.28. The van der Waals surface area contributed by atoms with E-state index in [4.69, 9.17) is 11.6 Å². The molecule has 4 nitrogen and oxygen atoms in total. The summed E-state index contributed by atoms with van der Waals surface area (Å²) in [5.41, 5.74) is 0. The minimum absolute atomic E-state index is 0.209. The fourth-order valence-electron chi connectivity index (χ4n) is 1.98. The summed E-state index contributed by atoms with van der Waals surface area (Å²) in [5, 5.41) is 0.209. The Morgan fingerprint density at radius 1 is 1.18 bits per heavy atom. The van der Waals surface area contributed by atoms with Gasteiger partial charge in [0.05, 0.1) is 4.90 Å². The first kappa shape index (κ1) is 12.8. The maximum Gasteiger partial charge on any atom is 0.243 e. The molecular weight excluding hydrogens is 260 g/mol. The lowest BCUT2D eigenvalue weighted by Crippen LogP contribution is -2.31. The molecule has 94 valence electrons. The van der Waals surface area contributed by atoms with Crippen LogP contribution in [0.5, 0.6) is 0 Å². The highest BCUT2D eigenvalue weighted by atomic mass is 35.5. The summed E-state index contributed by atoms with van der Waals surface area (Å²) in [7, 11) is -3.40. The lowest BCUT2D eigenvalue weighted by molar-refractivity contribution is 0.423. The highest BCUT2D eigenvalue weighted by molar-refractivity contribution is 7.89. The van der Waals surface area contributed by atoms with Crippen LogP contribution in [-0.4, -0.2) is 30.8 Å². The lowest BCUT2D eigenvalue weighted by atomic mass is 10.2. The number of aromatic nitrogens is 1. The molecule has 1 saturated heterocycles. The minimum Gasteiger partial charge on any atom is -0.244 e. The number of halogens is 1. The Kier molecular flexibility index (Phi) is 4.01. The van der Waals surface area contributed by atoms with Crippen molar-refractivity contribution in [1.82, 2.24) is 9.29 Å². The Morgan fingerprint density at radius 2 is 1.82 bits per heavy atom. The van der Waals surface area contributed by atoms with E-state index in [1.54, 1.807) is 4.31 Å². The smallest absolute Gasteiger partial charge is 0.243 e. The molecule has 2 heterocycles. The van der Waals surface area contributed by atoms with E-state index in [0.717, 1.165) is 25.7 Å². The van der Waals surface area contributed by atoms with E-state index < -0.39 is 10.0 Å². The van der Waals surface area contributed by atoms with E-state index in [9.17, 15) is 8.42 Å². The molecule has 1 aliphatic rings. The minimum atomic E-state index is -3.40. The van der Waals surface area contributed by atoms with Gasteiger partial charge in [0.25, 0.3) is 0 Å². The molecule has 17 heavy (non-hydrogen) atoms. The van der Waals surface area contributed by atoms with E-state index in [1.165, 1.54) is 18.3 Å². The predicted molar refractivity (Wildman–Crippen MR) is 66.5 cm³/mol. The summed E-state index contributed by atoms with van der Waals surface area (Å²) < 4.78 is 26.2. The van der Waals surface area contributed by atoms with Crippen LogP contribution in [-0.2, 0) is 10.0 Å². The van der Waals surface area contributed by atoms with Crippen molar-refractivity contribution < 1.29 is 8.42 Å². The van der Waals surface area contributed by atoms with Gasteiger partial charge >= 0.3 is 0 Å². The van der Waals surface area contributed by atoms with E-state index >= 15 is 0 Å². The van der Waals surface area contributed by atoms with Crippen LogP contribution < -0.4 is 0 Å². The summed E-state index contributed by atoms with van der Waals surface area (Å²) in [4.78, 5) is 4.04. The van der Waals surface area contributed by atoms with Gasteiger partial charge in [0.2, 0.25) is 10.0 Å². The average Bonchev–Trinajstić information content (AvgIpc) is 2.58. The van der Waals surface area contributed by atoms with Gasteiger partial charge in [0.15, 0.2) is 0 Å². The second-order valence-corrected chi connectivity index (χ2v) is 6.46. The Bertz CT molecular complexity index is 482. The van der Waals surface area contributed by atoms with Crippen molar-refractivity contribution in [3.63, 3.8) is 0 Å². The van der Waals surface area contributed by atoms with Gasteiger partial charge in [-0.15, -0.1) is 0 Å². The predicted octanol–water partition coefficient (Wildman–Crippen LogP) is 2.30. The van der Waals surface area contributed by atoms with Crippen LogP contribution in [0.2, 0.25) is 5.15 Å². The summed E-state index contributed by atoms with van der Waals surface area (Å²) in [6.45, 7) is 1.20. The third-order valence-corrected chi connectivity index (χ3v) is 5.00. The van der Waals surface area contributed by atoms with Gasteiger partial charge in [0, 0.05) is 19.3 Å². The number of hydrogen-bond acceptors (Lipinski definition) is 3. The maximum atomic E-state index is 12.3. The lowest BCUT2D eigenvalue weighted by Gasteiger charge is -2.19. The first-order chi connectivity index (χ1) is 8.10. The number of pyridine rings is 1. The maximum absolute atomic E-state index is 12.3. The van der Waals surface area contributed by atoms with Crippen LogP contribution in [0.25, 0.3) is 0 Å². The standard InChI is InChI=1S/C11H15ClN2O2S/c12-11-9-10(5-6-13-11)17(15,16)14-7-3-1-2-4-8-14/h5-6,9H,1-4,7-8H2. The van der Waals surface area contributed by atoms with Gasteiger partial charge in [-0.2, -0.15) is 4.31 Å².